The van der Waals surface area contributed by atoms with Crippen LogP contribution in [0.4, 0.5) is 0 Å². The lowest BCUT2D eigenvalue weighted by Gasteiger charge is -2.22. The molecule has 1 aliphatic heterocycles. The Balaban J connectivity index is 1.82. The molecule has 0 atom stereocenters. The Labute approximate surface area is 133 Å². The molecule has 4 rings (SSSR count). The first kappa shape index (κ1) is 13.7. The standard InChI is InChI=1S/C18H18N2OS/c21-18-16(13-7-9-19-10-8-13)17(22-20-18)15-6-5-12-3-1-2-4-14(12)11-15/h1-6,11,13,19H,7-10H2,(H,20,21). The fourth-order valence-corrected chi connectivity index (χ4v) is 4.26. The summed E-state index contributed by atoms with van der Waals surface area (Å²) in [6.07, 6.45) is 2.08. The van der Waals surface area contributed by atoms with Gasteiger partial charge in [0.25, 0.3) is 5.56 Å². The van der Waals surface area contributed by atoms with E-state index in [0.29, 0.717) is 5.92 Å². The fourth-order valence-electron chi connectivity index (χ4n) is 3.34. The lowest BCUT2D eigenvalue weighted by molar-refractivity contribution is 0.459. The van der Waals surface area contributed by atoms with Crippen LogP contribution in [0.15, 0.2) is 47.3 Å². The van der Waals surface area contributed by atoms with Crippen molar-refractivity contribution in [1.82, 2.24) is 9.69 Å². The largest absolute Gasteiger partial charge is 0.317 e. The maximum Gasteiger partial charge on any atom is 0.262 e. The Kier molecular flexibility index (Phi) is 3.56. The maximum atomic E-state index is 12.3. The molecular weight excluding hydrogens is 292 g/mol. The van der Waals surface area contributed by atoms with E-state index in [1.165, 1.54) is 22.3 Å². The number of hydrogen-bond donors (Lipinski definition) is 2. The zero-order valence-corrected chi connectivity index (χ0v) is 13.1. The number of benzene rings is 2. The van der Waals surface area contributed by atoms with Crippen molar-refractivity contribution in [2.45, 2.75) is 18.8 Å². The van der Waals surface area contributed by atoms with Crippen LogP contribution in [0.25, 0.3) is 21.2 Å². The third-order valence-corrected chi connectivity index (χ3v) is 5.44. The molecule has 1 aliphatic rings. The van der Waals surface area contributed by atoms with Gasteiger partial charge in [0.05, 0.1) is 4.88 Å². The topological polar surface area (TPSA) is 44.9 Å². The van der Waals surface area contributed by atoms with Crippen molar-refractivity contribution in [3.05, 3.63) is 58.4 Å². The van der Waals surface area contributed by atoms with Gasteiger partial charge in [-0.1, -0.05) is 47.9 Å². The Morgan fingerprint density at radius 3 is 2.59 bits per heavy atom. The van der Waals surface area contributed by atoms with Crippen molar-refractivity contribution in [3.63, 3.8) is 0 Å². The molecule has 3 nitrogen and oxygen atoms in total. The van der Waals surface area contributed by atoms with E-state index in [0.717, 1.165) is 41.9 Å². The molecule has 2 aromatic carbocycles. The second kappa shape index (κ2) is 5.71. The van der Waals surface area contributed by atoms with Crippen LogP contribution in [0.5, 0.6) is 0 Å². The molecule has 1 aromatic heterocycles. The molecule has 0 bridgehead atoms. The molecule has 0 amide bonds. The van der Waals surface area contributed by atoms with Gasteiger partial charge in [-0.3, -0.25) is 9.17 Å². The molecule has 0 spiro atoms. The summed E-state index contributed by atoms with van der Waals surface area (Å²) in [4.78, 5) is 13.4. The van der Waals surface area contributed by atoms with Crippen molar-refractivity contribution in [1.29, 1.82) is 0 Å². The zero-order valence-electron chi connectivity index (χ0n) is 12.3. The summed E-state index contributed by atoms with van der Waals surface area (Å²) in [5, 5.41) is 5.82. The molecule has 0 radical (unpaired) electrons. The minimum Gasteiger partial charge on any atom is -0.317 e. The lowest BCUT2D eigenvalue weighted by atomic mass is 9.89. The summed E-state index contributed by atoms with van der Waals surface area (Å²) < 4.78 is 2.95. The molecule has 2 heterocycles. The van der Waals surface area contributed by atoms with Crippen molar-refractivity contribution < 1.29 is 0 Å². The van der Waals surface area contributed by atoms with E-state index in [-0.39, 0.29) is 5.56 Å². The van der Waals surface area contributed by atoms with Crippen LogP contribution in [-0.4, -0.2) is 17.5 Å². The Hall–Kier alpha value is -1.91. The molecule has 2 N–H and O–H groups in total. The summed E-state index contributed by atoms with van der Waals surface area (Å²) in [5.41, 5.74) is 2.23. The number of H-pyrrole nitrogens is 1. The summed E-state index contributed by atoms with van der Waals surface area (Å²) in [6, 6.07) is 14.8. The maximum absolute atomic E-state index is 12.3. The van der Waals surface area contributed by atoms with Crippen LogP contribution in [0.2, 0.25) is 0 Å². The first-order valence-corrected chi connectivity index (χ1v) is 8.56. The van der Waals surface area contributed by atoms with Gasteiger partial charge in [0.15, 0.2) is 0 Å². The predicted octanol–water partition coefficient (Wildman–Crippen LogP) is 3.72. The number of aromatic nitrogens is 1. The van der Waals surface area contributed by atoms with Gasteiger partial charge in [-0.2, -0.15) is 0 Å². The average molecular weight is 310 g/mol. The SMILES string of the molecule is O=c1[nH]sc(-c2ccc3ccccc3c2)c1C1CCNCC1. The zero-order chi connectivity index (χ0) is 14.9. The summed E-state index contributed by atoms with van der Waals surface area (Å²) in [5.74, 6) is 0.373. The van der Waals surface area contributed by atoms with Gasteiger partial charge < -0.3 is 5.32 Å². The first-order chi connectivity index (χ1) is 10.8. The molecule has 1 saturated heterocycles. The van der Waals surface area contributed by atoms with Gasteiger partial charge in [0.2, 0.25) is 0 Å². The molecule has 3 aromatic rings. The van der Waals surface area contributed by atoms with Crippen LogP contribution in [0.1, 0.15) is 24.3 Å². The number of hydrogen-bond acceptors (Lipinski definition) is 3. The Morgan fingerprint density at radius 2 is 1.77 bits per heavy atom. The van der Waals surface area contributed by atoms with Crippen LogP contribution in [0.3, 0.4) is 0 Å². The first-order valence-electron chi connectivity index (χ1n) is 7.74. The molecule has 112 valence electrons. The second-order valence-corrected chi connectivity index (χ2v) is 6.68. The van der Waals surface area contributed by atoms with Gasteiger partial charge in [-0.25, -0.2) is 0 Å². The van der Waals surface area contributed by atoms with E-state index in [1.807, 2.05) is 0 Å². The van der Waals surface area contributed by atoms with Crippen LogP contribution in [-0.2, 0) is 0 Å². The molecule has 0 aliphatic carbocycles. The highest BCUT2D eigenvalue weighted by Crippen LogP contribution is 2.35. The van der Waals surface area contributed by atoms with Gasteiger partial charge in [-0.05, 0) is 54.3 Å². The molecule has 1 fully saturated rings. The predicted molar refractivity (Wildman–Crippen MR) is 92.7 cm³/mol. The third-order valence-electron chi connectivity index (χ3n) is 4.49. The van der Waals surface area contributed by atoms with Gasteiger partial charge >= 0.3 is 0 Å². The molecular formula is C18H18N2OS. The Bertz CT molecular complexity index is 859. The van der Waals surface area contributed by atoms with E-state index in [1.54, 1.807) is 0 Å². The van der Waals surface area contributed by atoms with Crippen LogP contribution >= 0.6 is 11.5 Å². The minimum atomic E-state index is 0.0973. The van der Waals surface area contributed by atoms with Crippen molar-refractivity contribution in [3.8, 4) is 10.4 Å². The van der Waals surface area contributed by atoms with E-state index in [4.69, 9.17) is 0 Å². The average Bonchev–Trinajstić information content (AvgIpc) is 2.97. The monoisotopic (exact) mass is 310 g/mol. The number of aromatic amines is 1. The highest BCUT2D eigenvalue weighted by Gasteiger charge is 2.23. The number of fused-ring (bicyclic) bond motifs is 1. The van der Waals surface area contributed by atoms with E-state index < -0.39 is 0 Å². The lowest BCUT2D eigenvalue weighted by Crippen LogP contribution is -2.28. The fraction of sp³-hybridized carbons (Fsp3) is 0.278. The van der Waals surface area contributed by atoms with Gasteiger partial charge in [0, 0.05) is 5.56 Å². The van der Waals surface area contributed by atoms with E-state index in [9.17, 15) is 4.79 Å². The third kappa shape index (κ3) is 2.38. The van der Waals surface area contributed by atoms with E-state index >= 15 is 0 Å². The Morgan fingerprint density at radius 1 is 1.00 bits per heavy atom. The van der Waals surface area contributed by atoms with E-state index in [2.05, 4.69) is 52.2 Å². The second-order valence-electron chi connectivity index (χ2n) is 5.86. The number of nitrogens with one attached hydrogen (secondary N) is 2. The minimum absolute atomic E-state index is 0.0973. The van der Waals surface area contributed by atoms with Crippen molar-refractivity contribution in [2.75, 3.05) is 13.1 Å². The van der Waals surface area contributed by atoms with Gasteiger partial charge in [0.1, 0.15) is 0 Å². The number of rotatable bonds is 2. The summed E-state index contributed by atoms with van der Waals surface area (Å²) in [6.45, 7) is 1.99. The summed E-state index contributed by atoms with van der Waals surface area (Å²) in [7, 11) is 0. The molecule has 0 unspecified atom stereocenters. The molecule has 4 heteroatoms. The highest BCUT2D eigenvalue weighted by atomic mass is 32.1. The quantitative estimate of drug-likeness (QED) is 0.757. The van der Waals surface area contributed by atoms with Gasteiger partial charge in [-0.15, -0.1) is 0 Å². The van der Waals surface area contributed by atoms with Crippen LogP contribution in [0, 0.1) is 0 Å². The molecule has 0 saturated carbocycles. The smallest absolute Gasteiger partial charge is 0.262 e. The highest BCUT2D eigenvalue weighted by molar-refractivity contribution is 7.09. The number of piperidine rings is 1. The summed E-state index contributed by atoms with van der Waals surface area (Å²) >= 11 is 1.47. The van der Waals surface area contributed by atoms with Crippen molar-refractivity contribution >= 4 is 22.3 Å². The molecule has 22 heavy (non-hydrogen) atoms. The normalized spacial score (nSPS) is 16.2. The van der Waals surface area contributed by atoms with Crippen LogP contribution < -0.4 is 10.9 Å². The van der Waals surface area contributed by atoms with Crippen molar-refractivity contribution in [2.24, 2.45) is 0 Å².